The molecule has 156 valence electrons. The minimum atomic E-state index is -0.428. The van der Waals surface area contributed by atoms with Gasteiger partial charge in [-0.3, -0.25) is 0 Å². The molecule has 0 radical (unpaired) electrons. The maximum Gasteiger partial charge on any atom is 0.336 e. The van der Waals surface area contributed by atoms with E-state index in [9.17, 15) is 4.79 Å². The number of aromatic nitrogens is 4. The number of fused-ring (bicyclic) bond motifs is 2. The molecular formula is C21H15ClN4O4S. The third kappa shape index (κ3) is 4.14. The molecule has 2 aromatic carbocycles. The van der Waals surface area contributed by atoms with Crippen LogP contribution in [0.25, 0.3) is 22.1 Å². The molecule has 0 fully saturated rings. The zero-order valence-electron chi connectivity index (χ0n) is 16.2. The second-order valence-corrected chi connectivity index (χ2v) is 8.10. The molecule has 0 amide bonds. The molecule has 0 N–H and O–H groups in total. The van der Waals surface area contributed by atoms with Crippen molar-refractivity contribution in [3.8, 4) is 5.75 Å². The topological polar surface area (TPSA) is 96.2 Å². The van der Waals surface area contributed by atoms with Gasteiger partial charge in [0.05, 0.1) is 19.3 Å². The maximum atomic E-state index is 12.0. The van der Waals surface area contributed by atoms with Crippen molar-refractivity contribution < 1.29 is 13.6 Å². The summed E-state index contributed by atoms with van der Waals surface area (Å²) in [6.07, 6.45) is 1.83. The summed E-state index contributed by atoms with van der Waals surface area (Å²) in [6, 6.07) is 12.2. The first-order valence-electron chi connectivity index (χ1n) is 9.26. The van der Waals surface area contributed by atoms with Crippen molar-refractivity contribution in [2.24, 2.45) is 0 Å². The molecule has 10 heteroatoms. The molecule has 0 aliphatic heterocycles. The Balaban J connectivity index is 1.33. The van der Waals surface area contributed by atoms with E-state index in [2.05, 4.69) is 15.3 Å². The van der Waals surface area contributed by atoms with E-state index in [1.807, 2.05) is 18.3 Å². The first kappa shape index (κ1) is 19.7. The van der Waals surface area contributed by atoms with Gasteiger partial charge in [-0.05, 0) is 35.9 Å². The van der Waals surface area contributed by atoms with E-state index in [4.69, 9.17) is 25.2 Å². The lowest BCUT2D eigenvalue weighted by Gasteiger charge is -2.06. The lowest BCUT2D eigenvalue weighted by atomic mass is 10.1. The van der Waals surface area contributed by atoms with Gasteiger partial charge in [-0.1, -0.05) is 28.6 Å². The summed E-state index contributed by atoms with van der Waals surface area (Å²) in [5.74, 6) is 1.16. The molecular weight excluding hydrogens is 440 g/mol. The van der Waals surface area contributed by atoms with Gasteiger partial charge in [-0.15, -0.1) is 5.10 Å². The molecule has 0 saturated carbocycles. The molecule has 0 saturated heterocycles. The Hall–Kier alpha value is -3.30. The number of oxazole rings is 1. The Morgan fingerprint density at radius 2 is 2.03 bits per heavy atom. The second-order valence-electron chi connectivity index (χ2n) is 6.74. The zero-order valence-corrected chi connectivity index (χ0v) is 17.8. The lowest BCUT2D eigenvalue weighted by Crippen LogP contribution is -2.06. The number of benzene rings is 2. The average Bonchev–Trinajstić information content (AvgIpc) is 3.37. The molecule has 5 rings (SSSR count). The number of halogens is 1. The first-order valence-corrected chi connectivity index (χ1v) is 10.6. The van der Waals surface area contributed by atoms with E-state index in [-0.39, 0.29) is 0 Å². The Bertz CT molecular complexity index is 1460. The van der Waals surface area contributed by atoms with Crippen LogP contribution in [0, 0.1) is 0 Å². The van der Waals surface area contributed by atoms with E-state index in [0.29, 0.717) is 45.0 Å². The minimum absolute atomic E-state index is 0.382. The van der Waals surface area contributed by atoms with Crippen molar-refractivity contribution >= 4 is 45.4 Å². The van der Waals surface area contributed by atoms with Crippen LogP contribution in [-0.4, -0.2) is 27.1 Å². The van der Waals surface area contributed by atoms with Crippen molar-refractivity contribution in [1.82, 2.24) is 20.0 Å². The number of thioether (sulfide) groups is 1. The highest BCUT2D eigenvalue weighted by molar-refractivity contribution is 7.98. The van der Waals surface area contributed by atoms with Gasteiger partial charge in [0.25, 0.3) is 5.22 Å². The van der Waals surface area contributed by atoms with Crippen molar-refractivity contribution in [1.29, 1.82) is 0 Å². The van der Waals surface area contributed by atoms with Crippen LogP contribution >= 0.6 is 23.4 Å². The van der Waals surface area contributed by atoms with Gasteiger partial charge >= 0.3 is 5.63 Å². The van der Waals surface area contributed by atoms with Crippen molar-refractivity contribution in [3.63, 3.8) is 0 Å². The van der Waals surface area contributed by atoms with Gasteiger partial charge < -0.3 is 13.6 Å². The molecule has 0 unspecified atom stereocenters. The van der Waals surface area contributed by atoms with Gasteiger partial charge in [-0.2, -0.15) is 0 Å². The van der Waals surface area contributed by atoms with Crippen LogP contribution in [0.3, 0.4) is 0 Å². The predicted octanol–water partition coefficient (Wildman–Crippen LogP) is 4.53. The third-order valence-electron chi connectivity index (χ3n) is 4.63. The largest absolute Gasteiger partial charge is 0.497 e. The molecule has 5 aromatic rings. The summed E-state index contributed by atoms with van der Waals surface area (Å²) in [4.78, 5) is 16.4. The Morgan fingerprint density at radius 1 is 1.13 bits per heavy atom. The van der Waals surface area contributed by atoms with Crippen LogP contribution in [0.15, 0.2) is 67.5 Å². The van der Waals surface area contributed by atoms with Crippen LogP contribution in [0.1, 0.15) is 11.3 Å². The summed E-state index contributed by atoms with van der Waals surface area (Å²) in [7, 11) is 1.56. The Kier molecular flexibility index (Phi) is 5.13. The summed E-state index contributed by atoms with van der Waals surface area (Å²) >= 11 is 7.41. The summed E-state index contributed by atoms with van der Waals surface area (Å²) < 4.78 is 17.9. The summed E-state index contributed by atoms with van der Waals surface area (Å²) in [5.41, 5.74) is 2.98. The molecule has 0 aliphatic carbocycles. The number of nitrogens with zero attached hydrogens (tertiary/aromatic N) is 4. The monoisotopic (exact) mass is 454 g/mol. The molecule has 0 bridgehead atoms. The molecule has 0 spiro atoms. The number of rotatable bonds is 6. The van der Waals surface area contributed by atoms with E-state index in [1.54, 1.807) is 36.1 Å². The number of methoxy groups -OCH3 is 1. The number of hydrogen-bond donors (Lipinski definition) is 0. The predicted molar refractivity (Wildman–Crippen MR) is 117 cm³/mol. The molecule has 3 heterocycles. The van der Waals surface area contributed by atoms with Crippen LogP contribution in [0.5, 0.6) is 5.75 Å². The third-order valence-corrected chi connectivity index (χ3v) is 5.73. The molecule has 8 nitrogen and oxygen atoms in total. The summed E-state index contributed by atoms with van der Waals surface area (Å²) in [5, 5.41) is 10.3. The second kappa shape index (κ2) is 8.09. The van der Waals surface area contributed by atoms with Crippen LogP contribution in [0.2, 0.25) is 5.02 Å². The van der Waals surface area contributed by atoms with Gasteiger partial charge in [0.1, 0.15) is 16.8 Å². The number of hydrogen-bond acceptors (Lipinski definition) is 8. The smallest absolute Gasteiger partial charge is 0.336 e. The fourth-order valence-electron chi connectivity index (χ4n) is 3.20. The normalized spacial score (nSPS) is 11.4. The van der Waals surface area contributed by atoms with Crippen molar-refractivity contribution in [2.45, 2.75) is 17.5 Å². The molecule has 0 aliphatic rings. The molecule has 31 heavy (non-hydrogen) atoms. The highest BCUT2D eigenvalue weighted by atomic mass is 35.5. The van der Waals surface area contributed by atoms with Crippen LogP contribution in [0.4, 0.5) is 0 Å². The minimum Gasteiger partial charge on any atom is -0.497 e. The van der Waals surface area contributed by atoms with Crippen LogP contribution < -0.4 is 10.4 Å². The standard InChI is InChI=1S/C21H15ClN4O4S/c1-28-15-3-4-16-12(6-20(27)29-19(16)8-15)9-26-10-14(24-25-26)11-31-21-23-17-7-13(22)2-5-18(17)30-21/h2-8,10H,9,11H2,1H3. The first-order chi connectivity index (χ1) is 15.1. The fraction of sp³-hybridized carbons (Fsp3) is 0.143. The van der Waals surface area contributed by atoms with E-state index in [0.717, 1.165) is 16.6 Å². The summed E-state index contributed by atoms with van der Waals surface area (Å²) in [6.45, 7) is 0.382. The fourth-order valence-corrected chi connectivity index (χ4v) is 4.08. The molecule has 3 aromatic heterocycles. The number of ether oxygens (including phenoxy) is 1. The lowest BCUT2D eigenvalue weighted by molar-refractivity contribution is 0.414. The van der Waals surface area contributed by atoms with E-state index < -0.39 is 5.63 Å². The molecule has 0 atom stereocenters. The van der Waals surface area contributed by atoms with Crippen molar-refractivity contribution in [2.75, 3.05) is 7.11 Å². The van der Waals surface area contributed by atoms with Crippen LogP contribution in [-0.2, 0) is 12.3 Å². The Morgan fingerprint density at radius 3 is 2.90 bits per heavy atom. The Labute approximate surface area is 184 Å². The zero-order chi connectivity index (χ0) is 21.4. The van der Waals surface area contributed by atoms with Gasteiger partial charge in [0.15, 0.2) is 5.58 Å². The van der Waals surface area contributed by atoms with E-state index >= 15 is 0 Å². The van der Waals surface area contributed by atoms with E-state index in [1.165, 1.54) is 17.8 Å². The average molecular weight is 455 g/mol. The van der Waals surface area contributed by atoms with Gasteiger partial charge in [0.2, 0.25) is 0 Å². The highest BCUT2D eigenvalue weighted by Gasteiger charge is 2.11. The SMILES string of the molecule is COc1ccc2c(Cn3cc(CSc4nc5cc(Cl)ccc5o4)nn3)cc(=O)oc2c1. The van der Waals surface area contributed by atoms with Gasteiger partial charge in [-0.25, -0.2) is 14.5 Å². The quantitative estimate of drug-likeness (QED) is 0.273. The van der Waals surface area contributed by atoms with Gasteiger partial charge in [0, 0.05) is 34.5 Å². The van der Waals surface area contributed by atoms with Crippen molar-refractivity contribution in [3.05, 3.63) is 75.4 Å². The highest BCUT2D eigenvalue weighted by Crippen LogP contribution is 2.27. The maximum absolute atomic E-state index is 12.0.